The average molecular weight is 293 g/mol. The van der Waals surface area contributed by atoms with E-state index >= 15 is 0 Å². The van der Waals surface area contributed by atoms with Crippen LogP contribution in [0.5, 0.6) is 0 Å². The Hall–Kier alpha value is -0.870. The van der Waals surface area contributed by atoms with Gasteiger partial charge in [-0.2, -0.15) is 0 Å². The molecule has 1 saturated heterocycles. The Morgan fingerprint density at radius 1 is 1.33 bits per heavy atom. The Kier molecular flexibility index (Phi) is 5.44. The summed E-state index contributed by atoms with van der Waals surface area (Å²) in [7, 11) is 0. The SMILES string of the molecule is CCC(C)C1CN(C(C)c2c(C)noc2C)C(CC)CN1. The molecule has 120 valence electrons. The fourth-order valence-electron chi connectivity index (χ4n) is 3.62. The third-order valence-corrected chi connectivity index (χ3v) is 5.30. The summed E-state index contributed by atoms with van der Waals surface area (Å²) in [5.74, 6) is 1.68. The molecule has 1 aliphatic heterocycles. The summed E-state index contributed by atoms with van der Waals surface area (Å²) in [6.45, 7) is 15.5. The first-order valence-corrected chi connectivity index (χ1v) is 8.41. The van der Waals surface area contributed by atoms with E-state index in [1.54, 1.807) is 0 Å². The maximum absolute atomic E-state index is 5.38. The third kappa shape index (κ3) is 3.32. The number of nitrogens with zero attached hydrogens (tertiary/aromatic N) is 2. The highest BCUT2D eigenvalue weighted by atomic mass is 16.5. The van der Waals surface area contributed by atoms with Gasteiger partial charge in [0.1, 0.15) is 5.76 Å². The first-order valence-electron chi connectivity index (χ1n) is 8.41. The topological polar surface area (TPSA) is 41.3 Å². The fraction of sp³-hybridized carbons (Fsp3) is 0.824. The minimum atomic E-state index is 0.370. The van der Waals surface area contributed by atoms with Crippen LogP contribution in [0.3, 0.4) is 0 Å². The second-order valence-electron chi connectivity index (χ2n) is 6.57. The molecule has 2 rings (SSSR count). The van der Waals surface area contributed by atoms with Crippen molar-refractivity contribution in [3.8, 4) is 0 Å². The molecule has 4 nitrogen and oxygen atoms in total. The number of rotatable bonds is 5. The van der Waals surface area contributed by atoms with Gasteiger partial charge in [-0.25, -0.2) is 0 Å². The zero-order chi connectivity index (χ0) is 15.6. The zero-order valence-corrected chi connectivity index (χ0v) is 14.4. The van der Waals surface area contributed by atoms with Gasteiger partial charge in [-0.1, -0.05) is 32.3 Å². The summed E-state index contributed by atoms with van der Waals surface area (Å²) in [4.78, 5) is 2.65. The minimum Gasteiger partial charge on any atom is -0.361 e. The monoisotopic (exact) mass is 293 g/mol. The Balaban J connectivity index is 2.20. The first-order chi connectivity index (χ1) is 9.99. The maximum atomic E-state index is 5.38. The number of hydrogen-bond acceptors (Lipinski definition) is 4. The molecule has 4 atom stereocenters. The lowest BCUT2D eigenvalue weighted by Crippen LogP contribution is -2.58. The minimum absolute atomic E-state index is 0.370. The van der Waals surface area contributed by atoms with Gasteiger partial charge in [-0.15, -0.1) is 0 Å². The molecule has 0 radical (unpaired) electrons. The van der Waals surface area contributed by atoms with Crippen molar-refractivity contribution < 1.29 is 4.52 Å². The normalized spacial score (nSPS) is 26.8. The summed E-state index contributed by atoms with van der Waals surface area (Å²) in [5.41, 5.74) is 2.31. The van der Waals surface area contributed by atoms with Crippen LogP contribution in [-0.4, -0.2) is 35.2 Å². The van der Waals surface area contributed by atoms with Gasteiger partial charge in [-0.3, -0.25) is 4.90 Å². The molecule has 0 amide bonds. The van der Waals surface area contributed by atoms with Crippen LogP contribution in [0, 0.1) is 19.8 Å². The second kappa shape index (κ2) is 6.93. The van der Waals surface area contributed by atoms with Crippen LogP contribution in [0.25, 0.3) is 0 Å². The molecule has 0 saturated carbocycles. The average Bonchev–Trinajstić information content (AvgIpc) is 2.84. The molecule has 1 fully saturated rings. The van der Waals surface area contributed by atoms with Crippen LogP contribution in [0.15, 0.2) is 4.52 Å². The lowest BCUT2D eigenvalue weighted by atomic mass is 9.92. The van der Waals surface area contributed by atoms with E-state index < -0.39 is 0 Å². The molecule has 1 aromatic heterocycles. The van der Waals surface area contributed by atoms with Crippen LogP contribution in [-0.2, 0) is 0 Å². The van der Waals surface area contributed by atoms with Crippen molar-refractivity contribution in [1.82, 2.24) is 15.4 Å². The molecule has 0 spiro atoms. The van der Waals surface area contributed by atoms with Crippen molar-refractivity contribution in [3.05, 3.63) is 17.0 Å². The molecule has 4 heteroatoms. The highest BCUT2D eigenvalue weighted by Crippen LogP contribution is 2.31. The predicted octanol–water partition coefficient (Wildman–Crippen LogP) is 3.45. The lowest BCUT2D eigenvalue weighted by Gasteiger charge is -2.45. The maximum Gasteiger partial charge on any atom is 0.138 e. The van der Waals surface area contributed by atoms with Gasteiger partial charge in [0.25, 0.3) is 0 Å². The summed E-state index contributed by atoms with van der Waals surface area (Å²) in [5, 5.41) is 7.89. The summed E-state index contributed by atoms with van der Waals surface area (Å²) < 4.78 is 5.38. The van der Waals surface area contributed by atoms with Crippen LogP contribution < -0.4 is 5.32 Å². The quantitative estimate of drug-likeness (QED) is 0.903. The van der Waals surface area contributed by atoms with Gasteiger partial charge in [0.05, 0.1) is 5.69 Å². The summed E-state index contributed by atoms with van der Waals surface area (Å²) in [6, 6.07) is 1.55. The number of piperazine rings is 1. The number of hydrogen-bond donors (Lipinski definition) is 1. The molecular formula is C17H31N3O. The predicted molar refractivity (Wildman–Crippen MR) is 86.4 cm³/mol. The summed E-state index contributed by atoms with van der Waals surface area (Å²) in [6.07, 6.45) is 2.40. The van der Waals surface area contributed by atoms with Crippen molar-refractivity contribution in [2.24, 2.45) is 5.92 Å². The van der Waals surface area contributed by atoms with Crippen molar-refractivity contribution in [3.63, 3.8) is 0 Å². The smallest absolute Gasteiger partial charge is 0.138 e. The summed E-state index contributed by atoms with van der Waals surface area (Å²) >= 11 is 0. The zero-order valence-electron chi connectivity index (χ0n) is 14.4. The fourth-order valence-corrected chi connectivity index (χ4v) is 3.62. The number of aryl methyl sites for hydroxylation is 2. The number of aromatic nitrogens is 1. The van der Waals surface area contributed by atoms with E-state index in [4.69, 9.17) is 4.52 Å². The van der Waals surface area contributed by atoms with E-state index in [0.29, 0.717) is 24.0 Å². The molecule has 0 aliphatic carbocycles. The second-order valence-corrected chi connectivity index (χ2v) is 6.57. The van der Waals surface area contributed by atoms with Crippen molar-refractivity contribution in [2.45, 2.75) is 72.5 Å². The van der Waals surface area contributed by atoms with Crippen LogP contribution >= 0.6 is 0 Å². The Labute approximate surface area is 129 Å². The molecule has 1 aromatic rings. The van der Waals surface area contributed by atoms with Gasteiger partial charge in [-0.05, 0) is 33.1 Å². The molecule has 2 heterocycles. The highest BCUT2D eigenvalue weighted by molar-refractivity contribution is 5.25. The van der Waals surface area contributed by atoms with Crippen LogP contribution in [0.1, 0.15) is 63.6 Å². The Morgan fingerprint density at radius 2 is 2.05 bits per heavy atom. The molecule has 21 heavy (non-hydrogen) atoms. The Morgan fingerprint density at radius 3 is 2.57 bits per heavy atom. The van der Waals surface area contributed by atoms with Gasteiger partial charge >= 0.3 is 0 Å². The van der Waals surface area contributed by atoms with Gasteiger partial charge in [0.2, 0.25) is 0 Å². The molecule has 0 aromatic carbocycles. The Bertz CT molecular complexity index is 437. The van der Waals surface area contributed by atoms with E-state index in [0.717, 1.165) is 24.5 Å². The van der Waals surface area contributed by atoms with Crippen molar-refractivity contribution in [2.75, 3.05) is 13.1 Å². The van der Waals surface area contributed by atoms with Gasteiger partial charge in [0, 0.05) is 36.8 Å². The van der Waals surface area contributed by atoms with E-state index in [1.807, 2.05) is 6.92 Å². The first kappa shape index (κ1) is 16.5. The van der Waals surface area contributed by atoms with E-state index in [2.05, 4.69) is 50.0 Å². The van der Waals surface area contributed by atoms with Crippen molar-refractivity contribution in [1.29, 1.82) is 0 Å². The molecule has 4 unspecified atom stereocenters. The van der Waals surface area contributed by atoms with E-state index in [1.165, 1.54) is 18.4 Å². The van der Waals surface area contributed by atoms with Gasteiger partial charge < -0.3 is 9.84 Å². The van der Waals surface area contributed by atoms with Gasteiger partial charge in [0.15, 0.2) is 0 Å². The van der Waals surface area contributed by atoms with E-state index in [-0.39, 0.29) is 0 Å². The van der Waals surface area contributed by atoms with Crippen LogP contribution in [0.2, 0.25) is 0 Å². The van der Waals surface area contributed by atoms with Crippen molar-refractivity contribution >= 4 is 0 Å². The molecule has 0 bridgehead atoms. The van der Waals surface area contributed by atoms with Crippen LogP contribution in [0.4, 0.5) is 0 Å². The molecular weight excluding hydrogens is 262 g/mol. The standard InChI is InChI=1S/C17H31N3O/c1-7-11(3)16-10-20(15(8-2)9-18-16)13(5)17-12(4)19-21-14(17)6/h11,13,15-16,18H,7-10H2,1-6H3. The molecule has 1 N–H and O–H groups in total. The largest absolute Gasteiger partial charge is 0.361 e. The highest BCUT2D eigenvalue weighted by Gasteiger charge is 2.34. The van der Waals surface area contributed by atoms with E-state index in [9.17, 15) is 0 Å². The molecule has 1 aliphatic rings. The number of nitrogens with one attached hydrogen (secondary N) is 1. The lowest BCUT2D eigenvalue weighted by molar-refractivity contribution is 0.0698. The third-order valence-electron chi connectivity index (χ3n) is 5.30.